The minimum Gasteiger partial charge on any atom is -0.487 e. The van der Waals surface area contributed by atoms with Crippen LogP contribution in [0, 0.1) is 5.92 Å². The summed E-state index contributed by atoms with van der Waals surface area (Å²) in [6.07, 6.45) is 1.33. The number of fused-ring (bicyclic) bond motifs is 1. The molecule has 3 N–H and O–H groups in total. The summed E-state index contributed by atoms with van der Waals surface area (Å²) in [5.41, 5.74) is 6.78. The molecule has 0 spiro atoms. The van der Waals surface area contributed by atoms with Crippen LogP contribution in [0.4, 0.5) is 0 Å². The fourth-order valence-corrected chi connectivity index (χ4v) is 3.66. The van der Waals surface area contributed by atoms with E-state index in [1.807, 2.05) is 38.1 Å². The summed E-state index contributed by atoms with van der Waals surface area (Å²) in [5, 5.41) is 0. The van der Waals surface area contributed by atoms with Crippen LogP contribution in [0.3, 0.4) is 0 Å². The van der Waals surface area contributed by atoms with Gasteiger partial charge in [0.2, 0.25) is 10.0 Å². The molecule has 7 heteroatoms. The highest BCUT2D eigenvalue weighted by molar-refractivity contribution is 7.93. The molecule has 21 heavy (non-hydrogen) atoms. The Labute approximate surface area is 124 Å². The normalized spacial score (nSPS) is 28.7. The number of nitrogens with one attached hydrogen (secondary N) is 3. The Bertz CT molecular complexity index is 672. The maximum absolute atomic E-state index is 12.5. The Morgan fingerprint density at radius 1 is 1.24 bits per heavy atom. The molecule has 0 aliphatic carbocycles. The Kier molecular flexibility index (Phi) is 3.75. The summed E-state index contributed by atoms with van der Waals surface area (Å²) in [5.74, 6) is 0.858. The lowest BCUT2D eigenvalue weighted by atomic mass is 10.0. The van der Waals surface area contributed by atoms with Crippen LogP contribution in [0.25, 0.3) is 6.08 Å². The lowest BCUT2D eigenvalue weighted by Gasteiger charge is -2.22. The molecule has 0 bridgehead atoms. The van der Waals surface area contributed by atoms with E-state index < -0.39 is 10.0 Å². The Morgan fingerprint density at radius 3 is 2.71 bits per heavy atom. The molecule has 2 aliphatic rings. The van der Waals surface area contributed by atoms with Crippen LogP contribution in [0.15, 0.2) is 29.2 Å². The first-order valence-electron chi connectivity index (χ1n) is 6.93. The number of benzene rings is 1. The van der Waals surface area contributed by atoms with Gasteiger partial charge in [0.1, 0.15) is 12.4 Å². The van der Waals surface area contributed by atoms with Crippen molar-refractivity contribution in [2.24, 2.45) is 5.92 Å². The van der Waals surface area contributed by atoms with Gasteiger partial charge in [0.25, 0.3) is 0 Å². The lowest BCUT2D eigenvalue weighted by molar-refractivity contribution is 0.352. The number of para-hydroxylation sites is 1. The van der Waals surface area contributed by atoms with E-state index in [1.165, 1.54) is 0 Å². The summed E-state index contributed by atoms with van der Waals surface area (Å²) >= 11 is 0. The molecule has 114 valence electrons. The van der Waals surface area contributed by atoms with E-state index in [0.717, 1.165) is 5.56 Å². The average molecular weight is 309 g/mol. The maximum atomic E-state index is 12.5. The fraction of sp³-hybridized carbons (Fsp3) is 0.429. The van der Waals surface area contributed by atoms with E-state index in [9.17, 15) is 8.42 Å². The molecule has 0 amide bonds. The van der Waals surface area contributed by atoms with E-state index in [-0.39, 0.29) is 29.6 Å². The third kappa shape index (κ3) is 2.82. The van der Waals surface area contributed by atoms with Gasteiger partial charge in [-0.1, -0.05) is 25.1 Å². The van der Waals surface area contributed by atoms with Crippen molar-refractivity contribution in [2.75, 3.05) is 6.61 Å². The number of hydrogen-bond acceptors (Lipinski definition) is 5. The van der Waals surface area contributed by atoms with Crippen molar-refractivity contribution in [1.29, 1.82) is 0 Å². The zero-order chi connectivity index (χ0) is 15.0. The van der Waals surface area contributed by atoms with Crippen LogP contribution >= 0.6 is 0 Å². The van der Waals surface area contributed by atoms with Crippen molar-refractivity contribution in [3.05, 3.63) is 34.7 Å². The zero-order valence-electron chi connectivity index (χ0n) is 12.0. The third-order valence-corrected chi connectivity index (χ3v) is 5.50. The highest BCUT2D eigenvalue weighted by Gasteiger charge is 2.34. The van der Waals surface area contributed by atoms with E-state index in [4.69, 9.17) is 4.74 Å². The minimum atomic E-state index is -3.58. The van der Waals surface area contributed by atoms with Gasteiger partial charge in [0.15, 0.2) is 0 Å². The van der Waals surface area contributed by atoms with Gasteiger partial charge >= 0.3 is 0 Å². The number of rotatable bonds is 3. The van der Waals surface area contributed by atoms with Gasteiger partial charge in [-0.25, -0.2) is 13.8 Å². The number of sulfonamides is 1. The van der Waals surface area contributed by atoms with E-state index >= 15 is 0 Å². The highest BCUT2D eigenvalue weighted by Crippen LogP contribution is 2.27. The topological polar surface area (TPSA) is 79.5 Å². The Balaban J connectivity index is 1.82. The van der Waals surface area contributed by atoms with Gasteiger partial charge in [0.05, 0.1) is 11.1 Å². The molecule has 3 unspecified atom stereocenters. The Hall–Kier alpha value is -1.41. The second kappa shape index (κ2) is 5.42. The van der Waals surface area contributed by atoms with E-state index in [0.29, 0.717) is 5.75 Å². The first kappa shape index (κ1) is 14.5. The smallest absolute Gasteiger partial charge is 0.241 e. The summed E-state index contributed by atoms with van der Waals surface area (Å²) in [4.78, 5) is 0.245. The molecule has 2 aliphatic heterocycles. The molecule has 0 aromatic heterocycles. The average Bonchev–Trinajstić information content (AvgIpc) is 2.78. The second-order valence-electron chi connectivity index (χ2n) is 5.47. The molecule has 1 aromatic rings. The van der Waals surface area contributed by atoms with Crippen molar-refractivity contribution in [1.82, 2.24) is 15.6 Å². The molecule has 1 saturated heterocycles. The summed E-state index contributed by atoms with van der Waals surface area (Å²) in [6.45, 7) is 4.05. The fourth-order valence-electron chi connectivity index (χ4n) is 2.40. The van der Waals surface area contributed by atoms with Gasteiger partial charge in [0, 0.05) is 17.5 Å². The van der Waals surface area contributed by atoms with Gasteiger partial charge in [-0.2, -0.15) is 4.72 Å². The van der Waals surface area contributed by atoms with Gasteiger partial charge < -0.3 is 4.74 Å². The SMILES string of the molecule is CC1NNC(NS(=O)(=O)C2=Cc3ccccc3OC2)C1C. The second-order valence-corrected chi connectivity index (χ2v) is 7.24. The quantitative estimate of drug-likeness (QED) is 0.769. The number of ether oxygens (including phenoxy) is 1. The molecular weight excluding hydrogens is 290 g/mol. The summed E-state index contributed by atoms with van der Waals surface area (Å²) < 4.78 is 33.2. The van der Waals surface area contributed by atoms with Gasteiger partial charge in [-0.15, -0.1) is 0 Å². The van der Waals surface area contributed by atoms with Crippen molar-refractivity contribution in [3.63, 3.8) is 0 Å². The van der Waals surface area contributed by atoms with Crippen LogP contribution in [0.5, 0.6) is 5.75 Å². The van der Waals surface area contributed by atoms with Gasteiger partial charge in [-0.05, 0) is 19.1 Å². The lowest BCUT2D eigenvalue weighted by Crippen LogP contribution is -2.47. The third-order valence-electron chi connectivity index (χ3n) is 4.01. The molecule has 2 heterocycles. The van der Waals surface area contributed by atoms with Crippen molar-refractivity contribution >= 4 is 16.1 Å². The van der Waals surface area contributed by atoms with E-state index in [2.05, 4.69) is 15.6 Å². The standard InChI is InChI=1S/C14H19N3O3S/c1-9-10(2)15-16-14(9)17-21(18,19)12-7-11-5-3-4-6-13(11)20-8-12/h3-7,9-10,14-17H,8H2,1-2H3. The van der Waals surface area contributed by atoms with Crippen LogP contribution < -0.4 is 20.3 Å². The predicted molar refractivity (Wildman–Crippen MR) is 80.7 cm³/mol. The molecule has 1 fully saturated rings. The molecule has 0 radical (unpaired) electrons. The Morgan fingerprint density at radius 2 is 2.00 bits per heavy atom. The van der Waals surface area contributed by atoms with E-state index in [1.54, 1.807) is 6.08 Å². The highest BCUT2D eigenvalue weighted by atomic mass is 32.2. The van der Waals surface area contributed by atoms with Crippen LogP contribution in [-0.2, 0) is 10.0 Å². The van der Waals surface area contributed by atoms with Crippen LogP contribution in [0.2, 0.25) is 0 Å². The predicted octanol–water partition coefficient (Wildman–Crippen LogP) is 0.798. The monoisotopic (exact) mass is 309 g/mol. The summed E-state index contributed by atoms with van der Waals surface area (Å²) in [7, 11) is -3.58. The van der Waals surface area contributed by atoms with Crippen molar-refractivity contribution in [2.45, 2.75) is 26.1 Å². The van der Waals surface area contributed by atoms with Crippen molar-refractivity contribution in [3.8, 4) is 5.75 Å². The first-order valence-corrected chi connectivity index (χ1v) is 8.41. The molecule has 3 rings (SSSR count). The number of hydrazine groups is 1. The molecule has 1 aromatic carbocycles. The zero-order valence-corrected chi connectivity index (χ0v) is 12.8. The molecule has 0 saturated carbocycles. The minimum absolute atomic E-state index is 0.0520. The molecule has 6 nitrogen and oxygen atoms in total. The van der Waals surface area contributed by atoms with Crippen LogP contribution in [0.1, 0.15) is 19.4 Å². The largest absolute Gasteiger partial charge is 0.487 e. The van der Waals surface area contributed by atoms with Crippen molar-refractivity contribution < 1.29 is 13.2 Å². The number of hydrogen-bond donors (Lipinski definition) is 3. The first-order chi connectivity index (χ1) is 9.97. The van der Waals surface area contributed by atoms with Gasteiger partial charge in [-0.3, -0.25) is 5.43 Å². The summed E-state index contributed by atoms with van der Waals surface area (Å²) in [6, 6.07) is 7.59. The molecular formula is C14H19N3O3S. The van der Waals surface area contributed by atoms with Crippen LogP contribution in [-0.4, -0.2) is 27.2 Å². The molecule has 3 atom stereocenters. The maximum Gasteiger partial charge on any atom is 0.241 e.